The minimum absolute atomic E-state index is 0.166. The third-order valence-electron chi connectivity index (χ3n) is 12.8. The predicted molar refractivity (Wildman–Crippen MR) is 155 cm³/mol. The summed E-state index contributed by atoms with van der Waals surface area (Å²) in [4.78, 5) is 0. The molecule has 0 spiro atoms. The first-order valence-corrected chi connectivity index (χ1v) is 16.3. The number of aliphatic hydroxyl groups excluding tert-OH is 1. The van der Waals surface area contributed by atoms with Crippen LogP contribution in [0, 0.1) is 58.2 Å². The third kappa shape index (κ3) is 5.84. The van der Waals surface area contributed by atoms with Gasteiger partial charge in [0.05, 0.1) is 6.10 Å². The van der Waals surface area contributed by atoms with Crippen molar-refractivity contribution >= 4 is 0 Å². The SMILES string of the molecule is CC(C)CCC[C@@H](C)[C@H]1CCC2C3CCC4[C@H](Cc5ccc(OC(F)(F)F)cc5)[C@H](O)CC[C@]4(C)C3CC[C@@]21C. The van der Waals surface area contributed by atoms with Crippen LogP contribution in [0.4, 0.5) is 13.2 Å². The molecule has 4 saturated carbocycles. The van der Waals surface area contributed by atoms with E-state index >= 15 is 0 Å². The fourth-order valence-electron chi connectivity index (χ4n) is 10.9. The minimum atomic E-state index is -4.68. The van der Waals surface area contributed by atoms with E-state index < -0.39 is 6.36 Å². The summed E-state index contributed by atoms with van der Waals surface area (Å²) >= 11 is 0. The number of aliphatic hydroxyl groups is 1. The van der Waals surface area contributed by atoms with Crippen molar-refractivity contribution in [2.45, 2.75) is 124 Å². The summed E-state index contributed by atoms with van der Waals surface area (Å²) in [7, 11) is 0. The molecule has 40 heavy (non-hydrogen) atoms. The van der Waals surface area contributed by atoms with Gasteiger partial charge < -0.3 is 9.84 Å². The van der Waals surface area contributed by atoms with Crippen LogP contribution < -0.4 is 4.74 Å². The molecule has 10 atom stereocenters. The van der Waals surface area contributed by atoms with Gasteiger partial charge in [0.2, 0.25) is 0 Å². The van der Waals surface area contributed by atoms with Crippen molar-refractivity contribution in [1.82, 2.24) is 0 Å². The number of fused-ring (bicyclic) bond motifs is 5. The molecule has 226 valence electrons. The first-order chi connectivity index (χ1) is 18.8. The normalized spacial score (nSPS) is 40.3. The van der Waals surface area contributed by atoms with E-state index in [1.165, 1.54) is 69.9 Å². The molecule has 0 heterocycles. The van der Waals surface area contributed by atoms with E-state index in [9.17, 15) is 18.3 Å². The van der Waals surface area contributed by atoms with Crippen LogP contribution in [0.1, 0.15) is 111 Å². The molecule has 4 aliphatic rings. The van der Waals surface area contributed by atoms with Crippen molar-refractivity contribution in [3.05, 3.63) is 29.8 Å². The van der Waals surface area contributed by atoms with E-state index in [0.717, 1.165) is 60.3 Å². The largest absolute Gasteiger partial charge is 0.573 e. The number of ether oxygens (including phenoxy) is 1. The van der Waals surface area contributed by atoms with Gasteiger partial charge in [-0.25, -0.2) is 0 Å². The van der Waals surface area contributed by atoms with Gasteiger partial charge in [-0.05, 0) is 134 Å². The summed E-state index contributed by atoms with van der Waals surface area (Å²) in [6, 6.07) is 6.32. The molecule has 0 saturated heterocycles. The zero-order valence-corrected chi connectivity index (χ0v) is 25.5. The molecule has 4 unspecified atom stereocenters. The lowest BCUT2D eigenvalue weighted by atomic mass is 9.42. The Kier molecular flexibility index (Phi) is 8.66. The lowest BCUT2D eigenvalue weighted by Crippen LogP contribution is -2.57. The van der Waals surface area contributed by atoms with Gasteiger partial charge in [-0.3, -0.25) is 0 Å². The van der Waals surface area contributed by atoms with Crippen LogP contribution in [0.15, 0.2) is 24.3 Å². The summed E-state index contributed by atoms with van der Waals surface area (Å²) in [6.45, 7) is 12.4. The molecule has 0 radical (unpaired) electrons. The Balaban J connectivity index is 1.28. The number of hydrogen-bond acceptors (Lipinski definition) is 2. The van der Waals surface area contributed by atoms with Crippen molar-refractivity contribution in [3.8, 4) is 5.75 Å². The highest BCUT2D eigenvalue weighted by Crippen LogP contribution is 2.69. The highest BCUT2D eigenvalue weighted by atomic mass is 19.4. The first-order valence-electron chi connectivity index (χ1n) is 16.3. The lowest BCUT2D eigenvalue weighted by molar-refractivity contribution is -0.274. The highest BCUT2D eigenvalue weighted by Gasteiger charge is 2.61. The summed E-state index contributed by atoms with van der Waals surface area (Å²) in [5.41, 5.74) is 1.72. The monoisotopic (exact) mass is 562 g/mol. The molecule has 2 nitrogen and oxygen atoms in total. The van der Waals surface area contributed by atoms with Gasteiger partial charge in [0.15, 0.2) is 0 Å². The molecule has 0 amide bonds. The molecule has 4 aliphatic carbocycles. The van der Waals surface area contributed by atoms with Gasteiger partial charge in [0.1, 0.15) is 5.75 Å². The summed E-state index contributed by atoms with van der Waals surface area (Å²) in [5, 5.41) is 11.2. The Morgan fingerprint density at radius 1 is 0.850 bits per heavy atom. The standard InChI is InChI=1S/C35H53F3O2/c1-22(2)7-6-8-23(3)28-15-16-29-26-13-14-30-27(21-24-9-11-25(12-10-24)40-35(36,37)38)32(39)18-20-34(30,5)31(26)17-19-33(28,29)4/h9-12,22-23,26-32,39H,6-8,13-21H2,1-5H3/t23-,26?,27+,28-,29?,30?,31?,32-,33-,34+/m1/s1. The zero-order chi connectivity index (χ0) is 28.9. The van der Waals surface area contributed by atoms with E-state index in [4.69, 9.17) is 0 Å². The third-order valence-corrected chi connectivity index (χ3v) is 12.8. The van der Waals surface area contributed by atoms with Crippen LogP contribution in [0.5, 0.6) is 5.75 Å². The Hall–Kier alpha value is -1.23. The second-order valence-corrected chi connectivity index (χ2v) is 15.3. The lowest BCUT2D eigenvalue weighted by Gasteiger charge is -2.63. The second kappa shape index (κ2) is 11.5. The maximum Gasteiger partial charge on any atom is 0.573 e. The van der Waals surface area contributed by atoms with Crippen LogP contribution in [0.25, 0.3) is 0 Å². The van der Waals surface area contributed by atoms with Crippen LogP contribution >= 0.6 is 0 Å². The average molecular weight is 563 g/mol. The number of hydrogen-bond donors (Lipinski definition) is 1. The average Bonchev–Trinajstić information content (AvgIpc) is 3.23. The van der Waals surface area contributed by atoms with Crippen molar-refractivity contribution in [1.29, 1.82) is 0 Å². The molecular weight excluding hydrogens is 509 g/mol. The molecule has 4 fully saturated rings. The number of rotatable bonds is 8. The molecule has 1 N–H and O–H groups in total. The van der Waals surface area contributed by atoms with Gasteiger partial charge in [0, 0.05) is 0 Å². The maximum atomic E-state index is 12.6. The van der Waals surface area contributed by atoms with Crippen molar-refractivity contribution in [2.75, 3.05) is 0 Å². The van der Waals surface area contributed by atoms with E-state index in [0.29, 0.717) is 11.3 Å². The van der Waals surface area contributed by atoms with Gasteiger partial charge in [-0.2, -0.15) is 0 Å². The van der Waals surface area contributed by atoms with Gasteiger partial charge in [0.25, 0.3) is 0 Å². The summed E-state index contributed by atoms with van der Waals surface area (Å²) in [6.07, 6.45) is 9.69. The van der Waals surface area contributed by atoms with Crippen LogP contribution in [0.2, 0.25) is 0 Å². The Morgan fingerprint density at radius 3 is 2.17 bits per heavy atom. The number of halogens is 3. The van der Waals surface area contributed by atoms with Crippen molar-refractivity contribution in [2.24, 2.45) is 58.2 Å². The van der Waals surface area contributed by atoms with Crippen molar-refractivity contribution in [3.63, 3.8) is 0 Å². The van der Waals surface area contributed by atoms with Crippen LogP contribution in [-0.2, 0) is 6.42 Å². The molecule has 5 rings (SSSR count). The predicted octanol–water partition coefficient (Wildman–Crippen LogP) is 9.84. The molecule has 1 aromatic rings. The minimum Gasteiger partial charge on any atom is -0.406 e. The van der Waals surface area contributed by atoms with Crippen molar-refractivity contribution < 1.29 is 23.0 Å². The molecule has 5 heteroatoms. The Labute approximate surface area is 240 Å². The van der Waals surface area contributed by atoms with Crippen LogP contribution in [-0.4, -0.2) is 17.6 Å². The zero-order valence-electron chi connectivity index (χ0n) is 25.5. The van der Waals surface area contributed by atoms with E-state index in [-0.39, 0.29) is 23.2 Å². The number of alkyl halides is 3. The quantitative estimate of drug-likeness (QED) is 0.342. The molecule has 0 aromatic heterocycles. The second-order valence-electron chi connectivity index (χ2n) is 15.3. The summed E-state index contributed by atoms with van der Waals surface area (Å²) in [5.74, 6) is 5.32. The smallest absolute Gasteiger partial charge is 0.406 e. The highest BCUT2D eigenvalue weighted by molar-refractivity contribution is 5.28. The fourth-order valence-corrected chi connectivity index (χ4v) is 10.9. The molecular formula is C35H53F3O2. The van der Waals surface area contributed by atoms with E-state index in [1.54, 1.807) is 12.1 Å². The Bertz CT molecular complexity index is 989. The van der Waals surface area contributed by atoms with E-state index in [2.05, 4.69) is 39.4 Å². The van der Waals surface area contributed by atoms with Gasteiger partial charge >= 0.3 is 6.36 Å². The first kappa shape index (κ1) is 30.2. The van der Waals surface area contributed by atoms with Gasteiger partial charge in [-0.1, -0.05) is 66.0 Å². The Morgan fingerprint density at radius 2 is 1.50 bits per heavy atom. The van der Waals surface area contributed by atoms with Crippen LogP contribution in [0.3, 0.4) is 0 Å². The number of benzene rings is 1. The molecule has 0 aliphatic heterocycles. The van der Waals surface area contributed by atoms with E-state index in [1.807, 2.05) is 0 Å². The topological polar surface area (TPSA) is 29.5 Å². The van der Waals surface area contributed by atoms with Gasteiger partial charge in [-0.15, -0.1) is 13.2 Å². The maximum absolute atomic E-state index is 12.6. The molecule has 1 aromatic carbocycles. The fraction of sp³-hybridized carbons (Fsp3) is 0.829. The molecule has 0 bridgehead atoms. The summed E-state index contributed by atoms with van der Waals surface area (Å²) < 4.78 is 41.9.